The lowest BCUT2D eigenvalue weighted by molar-refractivity contribution is 0.0526. The molecule has 0 N–H and O–H groups in total. The Hall–Kier alpha value is -2.76. The number of carbonyl (C=O) groups is 1. The van der Waals surface area contributed by atoms with Gasteiger partial charge in [0.25, 0.3) is 0 Å². The molecule has 100 valence electrons. The van der Waals surface area contributed by atoms with Crippen LogP contribution >= 0.6 is 0 Å². The van der Waals surface area contributed by atoms with Crippen LogP contribution < -0.4 is 0 Å². The molecule has 1 aromatic carbocycles. The number of nitrogens with zero attached hydrogens (tertiary/aromatic N) is 4. The lowest BCUT2D eigenvalue weighted by Crippen LogP contribution is -2.03. The van der Waals surface area contributed by atoms with Gasteiger partial charge in [0.05, 0.1) is 23.9 Å². The number of ether oxygens (including phenoxy) is 1. The fourth-order valence-corrected chi connectivity index (χ4v) is 1.93. The maximum atomic E-state index is 11.6. The van der Waals surface area contributed by atoms with E-state index in [9.17, 15) is 4.79 Å². The van der Waals surface area contributed by atoms with Crippen LogP contribution in [0.5, 0.6) is 0 Å². The summed E-state index contributed by atoms with van der Waals surface area (Å²) in [5, 5.41) is 5.03. The number of esters is 1. The Kier molecular flexibility index (Phi) is 3.12. The third kappa shape index (κ3) is 2.11. The largest absolute Gasteiger partial charge is 0.462 e. The van der Waals surface area contributed by atoms with Crippen molar-refractivity contribution in [1.82, 2.24) is 19.7 Å². The average Bonchev–Trinajstić information content (AvgIpc) is 2.97. The monoisotopic (exact) mass is 268 g/mol. The van der Waals surface area contributed by atoms with Gasteiger partial charge in [0.1, 0.15) is 6.33 Å². The number of rotatable bonds is 3. The second-order valence-corrected chi connectivity index (χ2v) is 4.11. The zero-order chi connectivity index (χ0) is 13.9. The summed E-state index contributed by atoms with van der Waals surface area (Å²) in [4.78, 5) is 20.1. The highest BCUT2D eigenvalue weighted by atomic mass is 16.5. The Morgan fingerprint density at radius 3 is 3.00 bits per heavy atom. The third-order valence-electron chi connectivity index (χ3n) is 2.83. The molecule has 6 heteroatoms. The lowest BCUT2D eigenvalue weighted by Gasteiger charge is -2.03. The molecule has 2 aromatic heterocycles. The predicted octanol–water partition coefficient (Wildman–Crippen LogP) is 1.99. The summed E-state index contributed by atoms with van der Waals surface area (Å²) < 4.78 is 6.49. The minimum atomic E-state index is -0.392. The molecule has 0 aliphatic rings. The molecular weight excluding hydrogens is 256 g/mol. The molecule has 0 saturated heterocycles. The standard InChI is InChI=1S/C14H12N4O2/c1-2-20-14(19)10-7-17-18(8-10)13-11-5-3-4-6-12(11)15-9-16-13/h3-9H,2H2,1H3. The summed E-state index contributed by atoms with van der Waals surface area (Å²) in [6.07, 6.45) is 4.55. The van der Waals surface area contributed by atoms with E-state index in [1.807, 2.05) is 24.3 Å². The smallest absolute Gasteiger partial charge is 0.341 e. The highest BCUT2D eigenvalue weighted by Crippen LogP contribution is 2.17. The van der Waals surface area contributed by atoms with Crippen molar-refractivity contribution < 1.29 is 9.53 Å². The molecule has 0 amide bonds. The van der Waals surface area contributed by atoms with Crippen LogP contribution in [0.1, 0.15) is 17.3 Å². The van der Waals surface area contributed by atoms with E-state index < -0.39 is 5.97 Å². The molecule has 0 radical (unpaired) electrons. The third-order valence-corrected chi connectivity index (χ3v) is 2.83. The van der Waals surface area contributed by atoms with Crippen molar-refractivity contribution in [2.75, 3.05) is 6.61 Å². The van der Waals surface area contributed by atoms with Crippen molar-refractivity contribution in [3.05, 3.63) is 48.5 Å². The minimum Gasteiger partial charge on any atom is -0.462 e. The molecule has 6 nitrogen and oxygen atoms in total. The van der Waals surface area contributed by atoms with Gasteiger partial charge in [-0.15, -0.1) is 0 Å². The maximum absolute atomic E-state index is 11.6. The Morgan fingerprint density at radius 1 is 1.30 bits per heavy atom. The van der Waals surface area contributed by atoms with Crippen LogP contribution in [-0.2, 0) is 4.74 Å². The van der Waals surface area contributed by atoms with Crippen LogP contribution in [0.3, 0.4) is 0 Å². The summed E-state index contributed by atoms with van der Waals surface area (Å²) in [5.74, 6) is 0.239. The summed E-state index contributed by atoms with van der Waals surface area (Å²) in [5.41, 5.74) is 1.22. The number of hydrogen-bond acceptors (Lipinski definition) is 5. The highest BCUT2D eigenvalue weighted by molar-refractivity contribution is 5.89. The fraction of sp³-hybridized carbons (Fsp3) is 0.143. The molecule has 0 aliphatic carbocycles. The molecule has 0 aliphatic heterocycles. The van der Waals surface area contributed by atoms with Gasteiger partial charge in [0, 0.05) is 11.6 Å². The molecule has 0 unspecified atom stereocenters. The first-order chi connectivity index (χ1) is 9.79. The molecule has 3 aromatic rings. The van der Waals surface area contributed by atoms with Gasteiger partial charge in [0.2, 0.25) is 0 Å². The molecule has 3 rings (SSSR count). The number of fused-ring (bicyclic) bond motifs is 1. The van der Waals surface area contributed by atoms with Crippen LogP contribution in [0.4, 0.5) is 0 Å². The molecule has 2 heterocycles. The van der Waals surface area contributed by atoms with Gasteiger partial charge in [-0.05, 0) is 19.1 Å². The van der Waals surface area contributed by atoms with Crippen LogP contribution in [-0.4, -0.2) is 32.3 Å². The Bertz CT molecular complexity index is 761. The lowest BCUT2D eigenvalue weighted by atomic mass is 10.2. The maximum Gasteiger partial charge on any atom is 0.341 e. The van der Waals surface area contributed by atoms with Gasteiger partial charge in [-0.1, -0.05) is 12.1 Å². The molecular formula is C14H12N4O2. The van der Waals surface area contributed by atoms with E-state index >= 15 is 0 Å². The van der Waals surface area contributed by atoms with Gasteiger partial charge in [-0.3, -0.25) is 0 Å². The van der Waals surface area contributed by atoms with E-state index in [4.69, 9.17) is 4.74 Å². The van der Waals surface area contributed by atoms with Crippen LogP contribution in [0.15, 0.2) is 43.0 Å². The highest BCUT2D eigenvalue weighted by Gasteiger charge is 2.12. The first-order valence-corrected chi connectivity index (χ1v) is 6.21. The normalized spacial score (nSPS) is 10.7. The molecule has 0 spiro atoms. The van der Waals surface area contributed by atoms with Crippen molar-refractivity contribution in [3.8, 4) is 5.82 Å². The van der Waals surface area contributed by atoms with Crippen molar-refractivity contribution in [2.24, 2.45) is 0 Å². The van der Waals surface area contributed by atoms with E-state index in [1.165, 1.54) is 12.5 Å². The second kappa shape index (κ2) is 5.08. The van der Waals surface area contributed by atoms with E-state index in [-0.39, 0.29) is 0 Å². The number of carbonyl (C=O) groups excluding carboxylic acids is 1. The Morgan fingerprint density at radius 2 is 2.15 bits per heavy atom. The quantitative estimate of drug-likeness (QED) is 0.679. The van der Waals surface area contributed by atoms with E-state index in [0.29, 0.717) is 18.0 Å². The van der Waals surface area contributed by atoms with Crippen molar-refractivity contribution in [2.45, 2.75) is 6.92 Å². The number of hydrogen-bond donors (Lipinski definition) is 0. The fourth-order valence-electron chi connectivity index (χ4n) is 1.93. The summed E-state index contributed by atoms with van der Waals surface area (Å²) in [6, 6.07) is 7.63. The van der Waals surface area contributed by atoms with Gasteiger partial charge < -0.3 is 4.74 Å². The zero-order valence-electron chi connectivity index (χ0n) is 10.9. The molecule has 0 bridgehead atoms. The summed E-state index contributed by atoms with van der Waals surface area (Å²) in [7, 11) is 0. The van der Waals surface area contributed by atoms with E-state index in [2.05, 4.69) is 15.1 Å². The number of benzene rings is 1. The Labute approximate surface area is 115 Å². The second-order valence-electron chi connectivity index (χ2n) is 4.11. The first kappa shape index (κ1) is 12.3. The van der Waals surface area contributed by atoms with Crippen LogP contribution in [0.25, 0.3) is 16.7 Å². The van der Waals surface area contributed by atoms with Crippen LogP contribution in [0.2, 0.25) is 0 Å². The number of para-hydroxylation sites is 1. The predicted molar refractivity (Wildman–Crippen MR) is 72.6 cm³/mol. The molecule has 0 fully saturated rings. The van der Waals surface area contributed by atoms with Gasteiger partial charge in [-0.25, -0.2) is 19.4 Å². The summed E-state index contributed by atoms with van der Waals surface area (Å²) >= 11 is 0. The van der Waals surface area contributed by atoms with Crippen molar-refractivity contribution in [1.29, 1.82) is 0 Å². The number of aromatic nitrogens is 4. The van der Waals surface area contributed by atoms with E-state index in [0.717, 1.165) is 10.9 Å². The van der Waals surface area contributed by atoms with Gasteiger partial charge in [-0.2, -0.15) is 5.10 Å². The van der Waals surface area contributed by atoms with Gasteiger partial charge in [0.15, 0.2) is 5.82 Å². The van der Waals surface area contributed by atoms with Crippen LogP contribution in [0, 0.1) is 0 Å². The van der Waals surface area contributed by atoms with Crippen molar-refractivity contribution in [3.63, 3.8) is 0 Å². The van der Waals surface area contributed by atoms with Crippen molar-refractivity contribution >= 4 is 16.9 Å². The molecule has 0 atom stereocenters. The topological polar surface area (TPSA) is 69.9 Å². The summed E-state index contributed by atoms with van der Waals surface area (Å²) in [6.45, 7) is 2.10. The Balaban J connectivity index is 2.06. The first-order valence-electron chi connectivity index (χ1n) is 6.21. The average molecular weight is 268 g/mol. The SMILES string of the molecule is CCOC(=O)c1cnn(-c2ncnc3ccccc23)c1. The zero-order valence-corrected chi connectivity index (χ0v) is 10.9. The van der Waals surface area contributed by atoms with Gasteiger partial charge >= 0.3 is 5.97 Å². The molecule has 20 heavy (non-hydrogen) atoms. The minimum absolute atomic E-state index is 0.334. The van der Waals surface area contributed by atoms with E-state index in [1.54, 1.807) is 17.8 Å². The molecule has 0 saturated carbocycles.